The molecule has 1 aromatic heterocycles. The Balaban J connectivity index is 2.11. The number of carbonyl (C=O) groups is 1. The highest BCUT2D eigenvalue weighted by Crippen LogP contribution is 2.29. The summed E-state index contributed by atoms with van der Waals surface area (Å²) in [5, 5.41) is 7.69. The van der Waals surface area contributed by atoms with Gasteiger partial charge in [-0.25, -0.2) is 4.79 Å². The van der Waals surface area contributed by atoms with E-state index in [1.54, 1.807) is 0 Å². The number of hydrogen-bond acceptors (Lipinski definition) is 4. The third-order valence-electron chi connectivity index (χ3n) is 3.68. The van der Waals surface area contributed by atoms with E-state index in [0.717, 1.165) is 22.7 Å². The van der Waals surface area contributed by atoms with Crippen molar-refractivity contribution in [3.8, 4) is 0 Å². The Labute approximate surface area is 152 Å². The van der Waals surface area contributed by atoms with Gasteiger partial charge in [-0.2, -0.15) is 0 Å². The molecule has 24 heavy (non-hydrogen) atoms. The third kappa shape index (κ3) is 4.55. The Kier molecular flexibility index (Phi) is 6.75. The van der Waals surface area contributed by atoms with Gasteiger partial charge in [0.1, 0.15) is 5.00 Å². The Morgan fingerprint density at radius 1 is 1.29 bits per heavy atom. The quantitative estimate of drug-likeness (QED) is 0.584. The number of thiophene rings is 1. The summed E-state index contributed by atoms with van der Waals surface area (Å²) in [6, 6.07) is 12.1. The van der Waals surface area contributed by atoms with Crippen LogP contribution in [0.15, 0.2) is 36.4 Å². The SMILES string of the molecule is CCc1cc(C(=O)OC)c(NC(=S)N[C@@H](CC)c2ccccc2)s1. The zero-order valence-electron chi connectivity index (χ0n) is 14.1. The standard InChI is InChI=1S/C18H22N2O2S2/c1-4-13-11-14(17(21)22-3)16(24-13)20-18(23)19-15(5-2)12-9-7-6-8-10-12/h6-11,15H,4-5H2,1-3H3,(H2,19,20,23)/t15-/m0/s1. The number of thiocarbonyl (C=S) groups is 1. The van der Waals surface area contributed by atoms with Crippen LogP contribution in [-0.4, -0.2) is 18.2 Å². The Bertz CT molecular complexity index is 698. The predicted molar refractivity (Wildman–Crippen MR) is 104 cm³/mol. The number of esters is 1. The van der Waals surface area contributed by atoms with E-state index in [2.05, 4.69) is 36.6 Å². The molecule has 0 unspecified atom stereocenters. The molecule has 4 nitrogen and oxygen atoms in total. The Morgan fingerprint density at radius 3 is 2.58 bits per heavy atom. The van der Waals surface area contributed by atoms with Crippen LogP contribution in [0.5, 0.6) is 0 Å². The second-order valence-corrected chi connectivity index (χ2v) is 6.82. The number of anilines is 1. The largest absolute Gasteiger partial charge is 0.465 e. The van der Waals surface area contributed by atoms with Crippen LogP contribution in [0.1, 0.15) is 47.1 Å². The number of hydrogen-bond donors (Lipinski definition) is 2. The van der Waals surface area contributed by atoms with E-state index in [4.69, 9.17) is 17.0 Å². The first-order valence-electron chi connectivity index (χ1n) is 7.92. The Morgan fingerprint density at radius 2 is 2.00 bits per heavy atom. The van der Waals surface area contributed by atoms with Gasteiger partial charge in [0.15, 0.2) is 5.11 Å². The topological polar surface area (TPSA) is 50.4 Å². The summed E-state index contributed by atoms with van der Waals surface area (Å²) in [5.74, 6) is -0.355. The summed E-state index contributed by atoms with van der Waals surface area (Å²) in [6.45, 7) is 4.16. The van der Waals surface area contributed by atoms with Crippen molar-refractivity contribution in [3.63, 3.8) is 0 Å². The molecule has 0 saturated carbocycles. The van der Waals surface area contributed by atoms with Crippen molar-refractivity contribution in [1.82, 2.24) is 5.32 Å². The molecule has 0 saturated heterocycles. The van der Waals surface area contributed by atoms with Gasteiger partial charge in [0, 0.05) is 4.88 Å². The van der Waals surface area contributed by atoms with Gasteiger partial charge >= 0.3 is 5.97 Å². The van der Waals surface area contributed by atoms with Gasteiger partial charge in [-0.3, -0.25) is 0 Å². The van der Waals surface area contributed by atoms with E-state index in [-0.39, 0.29) is 12.0 Å². The first-order chi connectivity index (χ1) is 11.6. The van der Waals surface area contributed by atoms with Crippen LogP contribution in [0.4, 0.5) is 5.00 Å². The molecule has 6 heteroatoms. The molecule has 0 aliphatic carbocycles. The molecule has 0 amide bonds. The summed E-state index contributed by atoms with van der Waals surface area (Å²) in [7, 11) is 1.38. The minimum atomic E-state index is -0.355. The number of benzene rings is 1. The lowest BCUT2D eigenvalue weighted by molar-refractivity contribution is 0.0602. The second kappa shape index (κ2) is 8.80. The van der Waals surface area contributed by atoms with Crippen molar-refractivity contribution in [2.45, 2.75) is 32.7 Å². The molecule has 2 aromatic rings. The minimum Gasteiger partial charge on any atom is -0.465 e. The highest BCUT2D eigenvalue weighted by molar-refractivity contribution is 7.80. The van der Waals surface area contributed by atoms with Crippen molar-refractivity contribution in [2.75, 3.05) is 12.4 Å². The molecule has 1 atom stereocenters. The molecule has 2 N–H and O–H groups in total. The highest BCUT2D eigenvalue weighted by atomic mass is 32.1. The van der Waals surface area contributed by atoms with Crippen molar-refractivity contribution < 1.29 is 9.53 Å². The number of rotatable bonds is 6. The lowest BCUT2D eigenvalue weighted by Crippen LogP contribution is -2.32. The highest BCUT2D eigenvalue weighted by Gasteiger charge is 2.18. The summed E-state index contributed by atoms with van der Waals surface area (Å²) in [5.41, 5.74) is 1.70. The van der Waals surface area contributed by atoms with Crippen LogP contribution >= 0.6 is 23.6 Å². The number of methoxy groups -OCH3 is 1. The molecule has 128 valence electrons. The average molecular weight is 363 g/mol. The number of aryl methyl sites for hydroxylation is 1. The van der Waals surface area contributed by atoms with Crippen LogP contribution in [0.2, 0.25) is 0 Å². The monoisotopic (exact) mass is 362 g/mol. The van der Waals surface area contributed by atoms with Gasteiger partial charge < -0.3 is 15.4 Å². The molecular weight excluding hydrogens is 340 g/mol. The van der Waals surface area contributed by atoms with Crippen molar-refractivity contribution >= 4 is 39.6 Å². The van der Waals surface area contributed by atoms with Crippen LogP contribution in [0.25, 0.3) is 0 Å². The normalized spacial score (nSPS) is 11.6. The molecule has 1 aromatic carbocycles. The molecule has 0 bridgehead atoms. The van der Waals surface area contributed by atoms with Crippen LogP contribution < -0.4 is 10.6 Å². The lowest BCUT2D eigenvalue weighted by atomic mass is 10.1. The number of nitrogens with one attached hydrogen (secondary N) is 2. The maximum absolute atomic E-state index is 11.9. The van der Waals surface area contributed by atoms with Crippen LogP contribution in [0.3, 0.4) is 0 Å². The van der Waals surface area contributed by atoms with E-state index in [1.807, 2.05) is 24.3 Å². The molecule has 0 spiro atoms. The van der Waals surface area contributed by atoms with Crippen molar-refractivity contribution in [3.05, 3.63) is 52.4 Å². The zero-order valence-corrected chi connectivity index (χ0v) is 15.7. The molecule has 1 heterocycles. The first-order valence-corrected chi connectivity index (χ1v) is 9.15. The van der Waals surface area contributed by atoms with Crippen LogP contribution in [-0.2, 0) is 11.2 Å². The maximum atomic E-state index is 11.9. The lowest BCUT2D eigenvalue weighted by Gasteiger charge is -2.19. The summed E-state index contributed by atoms with van der Waals surface area (Å²) < 4.78 is 4.85. The molecule has 2 rings (SSSR count). The predicted octanol–water partition coefficient (Wildman–Crippen LogP) is 4.53. The second-order valence-electron chi connectivity index (χ2n) is 5.27. The average Bonchev–Trinajstić information content (AvgIpc) is 3.02. The fraction of sp³-hybridized carbons (Fsp3) is 0.333. The first kappa shape index (κ1) is 18.4. The van der Waals surface area contributed by atoms with Gasteiger partial charge in [-0.15, -0.1) is 11.3 Å². The minimum absolute atomic E-state index is 0.124. The van der Waals surface area contributed by atoms with E-state index in [1.165, 1.54) is 24.0 Å². The summed E-state index contributed by atoms with van der Waals surface area (Å²) in [4.78, 5) is 13.0. The molecule has 0 aliphatic heterocycles. The summed E-state index contributed by atoms with van der Waals surface area (Å²) in [6.07, 6.45) is 1.76. The third-order valence-corrected chi connectivity index (χ3v) is 5.09. The van der Waals surface area contributed by atoms with Gasteiger partial charge in [0.2, 0.25) is 0 Å². The fourth-order valence-electron chi connectivity index (χ4n) is 2.37. The van der Waals surface area contributed by atoms with Crippen molar-refractivity contribution in [2.24, 2.45) is 0 Å². The van der Waals surface area contributed by atoms with E-state index in [0.29, 0.717) is 10.7 Å². The van der Waals surface area contributed by atoms with Gasteiger partial charge in [0.25, 0.3) is 0 Å². The van der Waals surface area contributed by atoms with Gasteiger partial charge in [0.05, 0.1) is 18.7 Å². The van der Waals surface area contributed by atoms with Gasteiger partial charge in [-0.05, 0) is 36.7 Å². The number of carbonyl (C=O) groups excluding carboxylic acids is 1. The van der Waals surface area contributed by atoms with Crippen LogP contribution in [0, 0.1) is 0 Å². The zero-order chi connectivity index (χ0) is 17.5. The molecular formula is C18H22N2O2S2. The van der Waals surface area contributed by atoms with Crippen molar-refractivity contribution in [1.29, 1.82) is 0 Å². The van der Waals surface area contributed by atoms with E-state index >= 15 is 0 Å². The number of ether oxygens (including phenoxy) is 1. The summed E-state index contributed by atoms with van der Waals surface area (Å²) >= 11 is 6.96. The maximum Gasteiger partial charge on any atom is 0.340 e. The molecule has 0 radical (unpaired) electrons. The van der Waals surface area contributed by atoms with E-state index < -0.39 is 0 Å². The molecule has 0 fully saturated rings. The molecule has 0 aliphatic rings. The fourth-order valence-corrected chi connectivity index (χ4v) is 3.67. The Hall–Kier alpha value is -1.92. The van der Waals surface area contributed by atoms with Gasteiger partial charge in [-0.1, -0.05) is 44.2 Å². The smallest absolute Gasteiger partial charge is 0.340 e. The van der Waals surface area contributed by atoms with E-state index in [9.17, 15) is 4.79 Å².